The number of halogens is 1. The number of H-pyrrole nitrogens is 1. The maximum atomic E-state index is 6.45. The normalized spacial score (nSPS) is 19.8. The number of likely N-dealkylation sites (tertiary alicyclic amines) is 1. The summed E-state index contributed by atoms with van der Waals surface area (Å²) in [4.78, 5) is 17.3. The van der Waals surface area contributed by atoms with E-state index in [0.717, 1.165) is 60.3 Å². The number of anilines is 2. The molecule has 0 amide bonds. The second-order valence-electron chi connectivity index (χ2n) is 8.78. The van der Waals surface area contributed by atoms with Gasteiger partial charge < -0.3 is 14.8 Å². The molecular formula is C23H28ClN5. The first kappa shape index (κ1) is 18.9. The molecule has 1 unspecified atom stereocenters. The van der Waals surface area contributed by atoms with Gasteiger partial charge in [-0.05, 0) is 61.7 Å². The molecule has 1 spiro atoms. The largest absolute Gasteiger partial charge is 0.346 e. The van der Waals surface area contributed by atoms with Gasteiger partial charge in [0, 0.05) is 35.4 Å². The number of nitrogens with one attached hydrogen (secondary N) is 1. The van der Waals surface area contributed by atoms with E-state index < -0.39 is 0 Å². The van der Waals surface area contributed by atoms with Crippen molar-refractivity contribution in [3.8, 4) is 0 Å². The molecule has 2 aliphatic heterocycles. The Morgan fingerprint density at radius 2 is 2.03 bits per heavy atom. The molecule has 2 aliphatic rings. The van der Waals surface area contributed by atoms with Gasteiger partial charge in [-0.1, -0.05) is 31.9 Å². The van der Waals surface area contributed by atoms with Crippen LogP contribution in [0.25, 0.3) is 11.0 Å². The molecule has 1 fully saturated rings. The molecule has 1 saturated heterocycles. The molecule has 152 valence electrons. The molecule has 4 heterocycles. The summed E-state index contributed by atoms with van der Waals surface area (Å²) in [5, 5.41) is 1.89. The van der Waals surface area contributed by atoms with Crippen molar-refractivity contribution in [1.82, 2.24) is 19.9 Å². The average molecular weight is 410 g/mol. The summed E-state index contributed by atoms with van der Waals surface area (Å²) in [7, 11) is 0. The number of nitrogens with zero attached hydrogens (tertiary/aromatic N) is 4. The van der Waals surface area contributed by atoms with Crippen molar-refractivity contribution >= 4 is 34.1 Å². The third kappa shape index (κ3) is 3.21. The lowest BCUT2D eigenvalue weighted by Gasteiger charge is -2.40. The number of hydrogen-bond donors (Lipinski definition) is 1. The van der Waals surface area contributed by atoms with Crippen molar-refractivity contribution in [2.45, 2.75) is 38.5 Å². The maximum absolute atomic E-state index is 6.45. The molecule has 29 heavy (non-hydrogen) atoms. The summed E-state index contributed by atoms with van der Waals surface area (Å²) in [6.07, 6.45) is 7.16. The third-order valence-corrected chi connectivity index (χ3v) is 7.19. The number of aromatic nitrogens is 3. The molecule has 5 rings (SSSR count). The molecule has 0 bridgehead atoms. The van der Waals surface area contributed by atoms with E-state index in [-0.39, 0.29) is 5.41 Å². The standard InChI is InChI=1S/C23H28ClN5/c1-3-16(2)13-28-10-7-23(8-11-28)14-29(20-5-4-17(24)12-19(20)23)22-18-6-9-25-21(18)26-15-27-22/h4-6,9,12,15-16H,3,7-8,10-11,13-14H2,1-2H3,(H,25,26,27). The Labute approximate surface area is 177 Å². The topological polar surface area (TPSA) is 48.1 Å². The van der Waals surface area contributed by atoms with E-state index in [1.807, 2.05) is 12.3 Å². The van der Waals surface area contributed by atoms with Crippen molar-refractivity contribution < 1.29 is 0 Å². The Bertz CT molecular complexity index is 1020. The van der Waals surface area contributed by atoms with Gasteiger partial charge in [0.1, 0.15) is 17.8 Å². The van der Waals surface area contributed by atoms with Gasteiger partial charge >= 0.3 is 0 Å². The second kappa shape index (κ2) is 7.29. The first-order valence-electron chi connectivity index (χ1n) is 10.7. The minimum atomic E-state index is 0.139. The zero-order valence-corrected chi connectivity index (χ0v) is 17.9. The van der Waals surface area contributed by atoms with Crippen molar-refractivity contribution in [1.29, 1.82) is 0 Å². The van der Waals surface area contributed by atoms with E-state index in [1.165, 1.54) is 24.2 Å². The Hall–Kier alpha value is -2.11. The van der Waals surface area contributed by atoms with Crippen molar-refractivity contribution in [2.24, 2.45) is 5.92 Å². The van der Waals surface area contributed by atoms with Crippen LogP contribution >= 0.6 is 11.6 Å². The Kier molecular flexibility index (Phi) is 4.75. The minimum absolute atomic E-state index is 0.139. The number of benzene rings is 1. The smallest absolute Gasteiger partial charge is 0.145 e. The van der Waals surface area contributed by atoms with Crippen LogP contribution in [0, 0.1) is 5.92 Å². The van der Waals surface area contributed by atoms with Crippen LogP contribution in [0.15, 0.2) is 36.8 Å². The summed E-state index contributed by atoms with van der Waals surface area (Å²) in [6.45, 7) is 9.09. The van der Waals surface area contributed by atoms with Crippen LogP contribution in [0.3, 0.4) is 0 Å². The fraction of sp³-hybridized carbons (Fsp3) is 0.478. The van der Waals surface area contributed by atoms with E-state index in [4.69, 9.17) is 11.6 Å². The highest BCUT2D eigenvalue weighted by Crippen LogP contribution is 2.50. The van der Waals surface area contributed by atoms with Crippen LogP contribution < -0.4 is 4.90 Å². The van der Waals surface area contributed by atoms with E-state index >= 15 is 0 Å². The van der Waals surface area contributed by atoms with Crippen molar-refractivity contribution in [3.05, 3.63) is 47.4 Å². The van der Waals surface area contributed by atoms with E-state index in [1.54, 1.807) is 6.33 Å². The molecule has 2 aromatic heterocycles. The number of hydrogen-bond acceptors (Lipinski definition) is 4. The van der Waals surface area contributed by atoms with Crippen molar-refractivity contribution in [3.63, 3.8) is 0 Å². The summed E-state index contributed by atoms with van der Waals surface area (Å²) >= 11 is 6.45. The van der Waals surface area contributed by atoms with Gasteiger partial charge in [-0.2, -0.15) is 0 Å². The predicted octanol–water partition coefficient (Wildman–Crippen LogP) is 5.14. The van der Waals surface area contributed by atoms with Crippen LogP contribution in [0.5, 0.6) is 0 Å². The Balaban J connectivity index is 1.50. The second-order valence-corrected chi connectivity index (χ2v) is 9.22. The van der Waals surface area contributed by atoms with Gasteiger partial charge in [-0.3, -0.25) is 0 Å². The highest BCUT2D eigenvalue weighted by atomic mass is 35.5. The van der Waals surface area contributed by atoms with Gasteiger partial charge in [0.15, 0.2) is 0 Å². The van der Waals surface area contributed by atoms with Crippen LogP contribution in [0.4, 0.5) is 11.5 Å². The quantitative estimate of drug-likeness (QED) is 0.647. The lowest BCUT2D eigenvalue weighted by Crippen LogP contribution is -2.45. The summed E-state index contributed by atoms with van der Waals surface area (Å²) in [5.74, 6) is 1.74. The fourth-order valence-corrected chi connectivity index (χ4v) is 5.24. The minimum Gasteiger partial charge on any atom is -0.346 e. The van der Waals surface area contributed by atoms with Gasteiger partial charge in [0.25, 0.3) is 0 Å². The zero-order chi connectivity index (χ0) is 20.0. The summed E-state index contributed by atoms with van der Waals surface area (Å²) < 4.78 is 0. The van der Waals surface area contributed by atoms with Gasteiger partial charge in [-0.15, -0.1) is 0 Å². The van der Waals surface area contributed by atoms with E-state index in [9.17, 15) is 0 Å². The first-order valence-corrected chi connectivity index (χ1v) is 11.1. The molecule has 6 heteroatoms. The zero-order valence-electron chi connectivity index (χ0n) is 17.2. The van der Waals surface area contributed by atoms with Crippen molar-refractivity contribution in [2.75, 3.05) is 31.1 Å². The number of rotatable bonds is 4. The highest BCUT2D eigenvalue weighted by Gasteiger charge is 2.45. The fourth-order valence-electron chi connectivity index (χ4n) is 5.07. The maximum Gasteiger partial charge on any atom is 0.145 e. The molecule has 1 atom stereocenters. The first-order chi connectivity index (χ1) is 14.1. The van der Waals surface area contributed by atoms with Gasteiger partial charge in [-0.25, -0.2) is 9.97 Å². The summed E-state index contributed by atoms with van der Waals surface area (Å²) in [5.41, 5.74) is 3.65. The van der Waals surface area contributed by atoms with Crippen LogP contribution in [-0.4, -0.2) is 46.0 Å². The highest BCUT2D eigenvalue weighted by molar-refractivity contribution is 6.30. The lowest BCUT2D eigenvalue weighted by atomic mass is 9.74. The molecule has 0 radical (unpaired) electrons. The molecule has 0 saturated carbocycles. The number of fused-ring (bicyclic) bond motifs is 3. The van der Waals surface area contributed by atoms with Gasteiger partial charge in [0.2, 0.25) is 0 Å². The number of piperidine rings is 1. The molecule has 5 nitrogen and oxygen atoms in total. The number of aromatic amines is 1. The SMILES string of the molecule is CCC(C)CN1CCC2(CC1)CN(c1ncnc3[nH]ccc13)c1ccc(Cl)cc12. The molecule has 1 aromatic carbocycles. The van der Waals surface area contributed by atoms with Crippen LogP contribution in [0.1, 0.15) is 38.7 Å². The molecular weight excluding hydrogens is 382 g/mol. The van der Waals surface area contributed by atoms with Gasteiger partial charge in [0.05, 0.1) is 5.39 Å². The average Bonchev–Trinajstić information content (AvgIpc) is 3.33. The predicted molar refractivity (Wildman–Crippen MR) is 119 cm³/mol. The molecule has 3 aromatic rings. The van der Waals surface area contributed by atoms with E-state index in [2.05, 4.69) is 56.8 Å². The lowest BCUT2D eigenvalue weighted by molar-refractivity contribution is 0.148. The Morgan fingerprint density at radius 3 is 2.83 bits per heavy atom. The molecule has 1 N–H and O–H groups in total. The van der Waals surface area contributed by atoms with Crippen LogP contribution in [-0.2, 0) is 5.41 Å². The Morgan fingerprint density at radius 1 is 1.21 bits per heavy atom. The monoisotopic (exact) mass is 409 g/mol. The summed E-state index contributed by atoms with van der Waals surface area (Å²) in [6, 6.07) is 8.43. The van der Waals surface area contributed by atoms with E-state index in [0.29, 0.717) is 0 Å². The third-order valence-electron chi connectivity index (χ3n) is 6.95. The van der Waals surface area contributed by atoms with Crippen LogP contribution in [0.2, 0.25) is 5.02 Å². The molecule has 0 aliphatic carbocycles.